The monoisotopic (exact) mass is 447 g/mol. The Hall–Kier alpha value is -3.56. The molecule has 1 aliphatic rings. The Labute approximate surface area is 193 Å². The lowest BCUT2D eigenvalue weighted by molar-refractivity contribution is 0.0943. The van der Waals surface area contributed by atoms with Crippen molar-refractivity contribution < 1.29 is 9.90 Å². The number of pyridine rings is 1. The number of nitrogens with zero attached hydrogens (tertiary/aromatic N) is 3. The first-order valence-corrected chi connectivity index (χ1v) is 11.1. The van der Waals surface area contributed by atoms with Crippen molar-refractivity contribution in [1.29, 1.82) is 0 Å². The summed E-state index contributed by atoms with van der Waals surface area (Å²) in [6, 6.07) is 9.66. The summed E-state index contributed by atoms with van der Waals surface area (Å²) in [5.41, 5.74) is 4.98. The van der Waals surface area contributed by atoms with Gasteiger partial charge in [0.15, 0.2) is 0 Å². The highest BCUT2D eigenvalue weighted by atomic mass is 16.3. The number of carbonyl (C=O) groups is 1. The van der Waals surface area contributed by atoms with E-state index in [0.717, 1.165) is 25.2 Å². The second kappa shape index (κ2) is 9.93. The van der Waals surface area contributed by atoms with Crippen LogP contribution in [-0.2, 0) is 13.0 Å². The van der Waals surface area contributed by atoms with Gasteiger partial charge in [-0.2, -0.15) is 4.98 Å². The van der Waals surface area contributed by atoms with Crippen LogP contribution < -0.4 is 21.3 Å². The van der Waals surface area contributed by atoms with Gasteiger partial charge in [-0.05, 0) is 69.1 Å². The maximum absolute atomic E-state index is 12.8. The van der Waals surface area contributed by atoms with Crippen molar-refractivity contribution in [3.63, 3.8) is 0 Å². The van der Waals surface area contributed by atoms with Crippen molar-refractivity contribution in [3.8, 4) is 0 Å². The topological polar surface area (TPSA) is 124 Å². The molecule has 9 heteroatoms. The van der Waals surface area contributed by atoms with Crippen molar-refractivity contribution in [2.45, 2.75) is 45.9 Å². The van der Waals surface area contributed by atoms with Crippen LogP contribution >= 0.6 is 0 Å². The Morgan fingerprint density at radius 2 is 1.88 bits per heavy atom. The molecule has 172 valence electrons. The van der Waals surface area contributed by atoms with Crippen LogP contribution in [0.5, 0.6) is 0 Å². The van der Waals surface area contributed by atoms with Crippen molar-refractivity contribution in [1.82, 2.24) is 25.6 Å². The number of benzene rings is 1. The number of aliphatic hydroxyl groups excluding tert-OH is 1. The molecule has 1 unspecified atom stereocenters. The number of nitrogens with one attached hydrogen (secondary N) is 4. The van der Waals surface area contributed by atoms with Gasteiger partial charge in [-0.3, -0.25) is 9.78 Å². The Balaban J connectivity index is 1.64. The molecule has 3 heterocycles. The molecule has 0 radical (unpaired) electrons. The van der Waals surface area contributed by atoms with Gasteiger partial charge >= 0.3 is 0 Å². The first-order valence-electron chi connectivity index (χ1n) is 11.1. The third-order valence-electron chi connectivity index (χ3n) is 5.27. The zero-order chi connectivity index (χ0) is 23.4. The van der Waals surface area contributed by atoms with E-state index < -0.39 is 6.10 Å². The number of aromatic nitrogens is 3. The molecule has 1 atom stereocenters. The average molecular weight is 448 g/mol. The number of fused-ring (bicyclic) bond motifs is 1. The fourth-order valence-electron chi connectivity index (χ4n) is 3.62. The molecule has 0 bridgehead atoms. The fourth-order valence-corrected chi connectivity index (χ4v) is 3.62. The number of carbonyl (C=O) groups excluding carboxylic acids is 1. The predicted octanol–water partition coefficient (Wildman–Crippen LogP) is 3.20. The summed E-state index contributed by atoms with van der Waals surface area (Å²) < 4.78 is 0. The van der Waals surface area contributed by atoms with Crippen LogP contribution in [0.2, 0.25) is 0 Å². The molecular formula is C24H29N7O2. The Morgan fingerprint density at radius 3 is 2.67 bits per heavy atom. The smallest absolute Gasteiger partial charge is 0.256 e. The summed E-state index contributed by atoms with van der Waals surface area (Å²) in [6.07, 6.45) is 3.37. The quantitative estimate of drug-likeness (QED) is 0.374. The molecular weight excluding hydrogens is 418 g/mol. The van der Waals surface area contributed by atoms with Crippen LogP contribution in [0.4, 0.5) is 23.1 Å². The van der Waals surface area contributed by atoms with Crippen LogP contribution in [0.25, 0.3) is 0 Å². The summed E-state index contributed by atoms with van der Waals surface area (Å²) in [4.78, 5) is 25.9. The Morgan fingerprint density at radius 1 is 1.06 bits per heavy atom. The number of aliphatic hydroxyl groups is 1. The van der Waals surface area contributed by atoms with Crippen LogP contribution in [-0.4, -0.2) is 38.6 Å². The van der Waals surface area contributed by atoms with Crippen molar-refractivity contribution in [2.24, 2.45) is 0 Å². The molecule has 1 aliphatic heterocycles. The van der Waals surface area contributed by atoms with E-state index in [0.29, 0.717) is 28.7 Å². The molecule has 9 nitrogen and oxygen atoms in total. The summed E-state index contributed by atoms with van der Waals surface area (Å²) in [5, 5.41) is 22.5. The molecule has 3 aromatic rings. The highest BCUT2D eigenvalue weighted by Gasteiger charge is 2.17. The molecule has 1 amide bonds. The van der Waals surface area contributed by atoms with E-state index in [4.69, 9.17) is 0 Å². The summed E-state index contributed by atoms with van der Waals surface area (Å²) >= 11 is 0. The highest BCUT2D eigenvalue weighted by Crippen LogP contribution is 2.25. The molecule has 0 saturated heterocycles. The molecule has 4 rings (SSSR count). The van der Waals surface area contributed by atoms with E-state index in [9.17, 15) is 9.90 Å². The Bertz CT molecular complexity index is 1150. The Kier molecular flexibility index (Phi) is 6.81. The number of amides is 1. The number of rotatable bonds is 7. The molecule has 5 N–H and O–H groups in total. The standard InChI is InChI=1S/C24H29N7O2/c1-14(2)28-23(33)20-13-27-24(30-18-5-4-17-12-25-8-6-16(17)10-18)31-22(20)29-19-7-9-26-21(11-19)15(3)32/h4-5,7,9-11,13-15,25,32H,6,8,12H2,1-3H3,(H,28,33)(H2,26,27,29,30,31). The largest absolute Gasteiger partial charge is 0.387 e. The number of hydrogen-bond acceptors (Lipinski definition) is 8. The van der Waals surface area contributed by atoms with Crippen molar-refractivity contribution in [2.75, 3.05) is 17.2 Å². The fraction of sp³-hybridized carbons (Fsp3) is 0.333. The zero-order valence-corrected chi connectivity index (χ0v) is 19.0. The lowest BCUT2D eigenvalue weighted by atomic mass is 10.0. The third kappa shape index (κ3) is 5.63. The first kappa shape index (κ1) is 22.6. The van der Waals surface area contributed by atoms with Gasteiger partial charge in [-0.1, -0.05) is 6.07 Å². The first-order chi connectivity index (χ1) is 15.9. The number of anilines is 4. The molecule has 0 aliphatic carbocycles. The maximum atomic E-state index is 12.8. The van der Waals surface area contributed by atoms with E-state index >= 15 is 0 Å². The molecule has 0 saturated carbocycles. The van der Waals surface area contributed by atoms with Crippen molar-refractivity contribution in [3.05, 3.63) is 65.1 Å². The van der Waals surface area contributed by atoms with Gasteiger partial charge in [0, 0.05) is 36.4 Å². The molecule has 0 fully saturated rings. The molecule has 2 aromatic heterocycles. The van der Waals surface area contributed by atoms with Gasteiger partial charge in [0.25, 0.3) is 5.91 Å². The average Bonchev–Trinajstić information content (AvgIpc) is 2.79. The summed E-state index contributed by atoms with van der Waals surface area (Å²) in [7, 11) is 0. The SMILES string of the molecule is CC(C)NC(=O)c1cnc(Nc2ccc3c(c2)CCNC3)nc1Nc1ccnc(C(C)O)c1. The third-order valence-corrected chi connectivity index (χ3v) is 5.27. The molecule has 33 heavy (non-hydrogen) atoms. The normalized spacial score (nSPS) is 13.8. The molecule has 1 aromatic carbocycles. The number of hydrogen-bond donors (Lipinski definition) is 5. The lowest BCUT2D eigenvalue weighted by Crippen LogP contribution is -2.31. The van der Waals surface area contributed by atoms with E-state index in [2.05, 4.69) is 48.4 Å². The van der Waals surface area contributed by atoms with E-state index in [1.54, 1.807) is 25.3 Å². The van der Waals surface area contributed by atoms with E-state index in [-0.39, 0.29) is 11.9 Å². The zero-order valence-electron chi connectivity index (χ0n) is 19.0. The van der Waals surface area contributed by atoms with E-state index in [1.165, 1.54) is 17.3 Å². The van der Waals surface area contributed by atoms with E-state index in [1.807, 2.05) is 19.9 Å². The lowest BCUT2D eigenvalue weighted by Gasteiger charge is -2.18. The van der Waals surface area contributed by atoms with Crippen LogP contribution in [0.15, 0.2) is 42.7 Å². The summed E-state index contributed by atoms with van der Waals surface area (Å²) in [5.74, 6) is 0.456. The second-order valence-corrected chi connectivity index (χ2v) is 8.39. The van der Waals surface area contributed by atoms with Crippen molar-refractivity contribution >= 4 is 29.0 Å². The van der Waals surface area contributed by atoms with Crippen LogP contribution in [0, 0.1) is 0 Å². The van der Waals surface area contributed by atoms with Crippen LogP contribution in [0.1, 0.15) is 54.1 Å². The van der Waals surface area contributed by atoms with Crippen LogP contribution in [0.3, 0.4) is 0 Å². The maximum Gasteiger partial charge on any atom is 0.256 e. The van der Waals surface area contributed by atoms with Gasteiger partial charge < -0.3 is 26.4 Å². The summed E-state index contributed by atoms with van der Waals surface area (Å²) in [6.45, 7) is 7.27. The minimum Gasteiger partial charge on any atom is -0.387 e. The van der Waals surface area contributed by atoms with Gasteiger partial charge in [-0.15, -0.1) is 0 Å². The van der Waals surface area contributed by atoms with Gasteiger partial charge in [0.05, 0.1) is 11.8 Å². The minimum atomic E-state index is -0.711. The van der Waals surface area contributed by atoms with Gasteiger partial charge in [-0.25, -0.2) is 4.98 Å². The predicted molar refractivity (Wildman–Crippen MR) is 128 cm³/mol. The molecule has 0 spiro atoms. The van der Waals surface area contributed by atoms with Gasteiger partial charge in [0.1, 0.15) is 11.4 Å². The second-order valence-electron chi connectivity index (χ2n) is 8.39. The minimum absolute atomic E-state index is 0.0316. The van der Waals surface area contributed by atoms with Gasteiger partial charge in [0.2, 0.25) is 5.95 Å². The highest BCUT2D eigenvalue weighted by molar-refractivity contribution is 5.99.